The predicted molar refractivity (Wildman–Crippen MR) is 102 cm³/mol. The van der Waals surface area contributed by atoms with E-state index in [9.17, 15) is 9.59 Å². The molecule has 1 fully saturated rings. The summed E-state index contributed by atoms with van der Waals surface area (Å²) >= 11 is 0. The molecule has 1 saturated heterocycles. The van der Waals surface area contributed by atoms with Crippen LogP contribution in [0.15, 0.2) is 60.7 Å². The molecule has 0 saturated carbocycles. The van der Waals surface area contributed by atoms with Crippen molar-refractivity contribution in [2.75, 3.05) is 0 Å². The fraction of sp³-hybridized carbons (Fsp3) is 0.364. The number of nitrogens with zero attached hydrogens (tertiary/aromatic N) is 1. The Bertz CT molecular complexity index is 798. The van der Waals surface area contributed by atoms with Gasteiger partial charge in [0, 0.05) is 0 Å². The van der Waals surface area contributed by atoms with Crippen molar-refractivity contribution in [2.45, 2.75) is 51.5 Å². The summed E-state index contributed by atoms with van der Waals surface area (Å²) in [6.07, 6.45) is -1.13. The first-order chi connectivity index (χ1) is 12.8. The molecule has 0 aromatic heterocycles. The van der Waals surface area contributed by atoms with Crippen molar-refractivity contribution in [1.82, 2.24) is 4.90 Å². The molecule has 2 aromatic rings. The normalized spacial score (nSPS) is 22.9. The van der Waals surface area contributed by atoms with Crippen LogP contribution in [-0.4, -0.2) is 28.6 Å². The number of hydrogen-bond donors (Lipinski definition) is 0. The van der Waals surface area contributed by atoms with Gasteiger partial charge in [-0.05, 0) is 38.8 Å². The Balaban J connectivity index is 2.09. The summed E-state index contributed by atoms with van der Waals surface area (Å²) in [6, 6.07) is 17.9. The van der Waals surface area contributed by atoms with Gasteiger partial charge in [0.1, 0.15) is 17.7 Å². The van der Waals surface area contributed by atoms with Gasteiger partial charge in [-0.3, -0.25) is 4.90 Å². The van der Waals surface area contributed by atoms with Crippen LogP contribution < -0.4 is 0 Å². The highest BCUT2D eigenvalue weighted by Crippen LogP contribution is 2.42. The number of hydrogen-bond acceptors (Lipinski definition) is 4. The number of benzene rings is 2. The fourth-order valence-electron chi connectivity index (χ4n) is 3.25. The number of amides is 1. The maximum atomic E-state index is 13.0. The maximum absolute atomic E-state index is 13.0. The van der Waals surface area contributed by atoms with Crippen LogP contribution in [-0.2, 0) is 14.3 Å². The van der Waals surface area contributed by atoms with Gasteiger partial charge >= 0.3 is 12.1 Å². The van der Waals surface area contributed by atoms with Crippen LogP contribution in [0, 0.1) is 0 Å². The Hall–Kier alpha value is -2.82. The molecule has 1 amide bonds. The van der Waals surface area contributed by atoms with Crippen LogP contribution in [0.4, 0.5) is 4.79 Å². The van der Waals surface area contributed by atoms with E-state index < -0.39 is 35.9 Å². The van der Waals surface area contributed by atoms with Crippen LogP contribution in [0.25, 0.3) is 0 Å². The molecule has 5 nitrogen and oxygen atoms in total. The predicted octanol–water partition coefficient (Wildman–Crippen LogP) is 4.65. The zero-order valence-electron chi connectivity index (χ0n) is 16.1. The number of esters is 1. The molecule has 27 heavy (non-hydrogen) atoms. The summed E-state index contributed by atoms with van der Waals surface area (Å²) in [5.41, 5.74) is 1.05. The van der Waals surface area contributed by atoms with Crippen molar-refractivity contribution >= 4 is 12.1 Å². The second-order valence-corrected chi connectivity index (χ2v) is 7.69. The molecular formula is C22H25NO4. The summed E-state index contributed by atoms with van der Waals surface area (Å²) < 4.78 is 11.4. The lowest BCUT2D eigenvalue weighted by Gasteiger charge is -2.44. The molecule has 1 aliphatic heterocycles. The Morgan fingerprint density at radius 1 is 0.963 bits per heavy atom. The second kappa shape index (κ2) is 7.43. The number of morpholine rings is 1. The van der Waals surface area contributed by atoms with Crippen LogP contribution in [0.1, 0.15) is 51.0 Å². The number of cyclic esters (lactones) is 1. The first-order valence-electron chi connectivity index (χ1n) is 9.09. The lowest BCUT2D eigenvalue weighted by atomic mass is 9.91. The Labute approximate surface area is 159 Å². The average Bonchev–Trinajstić information content (AvgIpc) is 2.63. The quantitative estimate of drug-likeness (QED) is 0.725. The maximum Gasteiger partial charge on any atom is 0.411 e. The third-order valence-corrected chi connectivity index (χ3v) is 4.46. The number of carbonyl (C=O) groups excluding carboxylic acids is 2. The van der Waals surface area contributed by atoms with E-state index in [0.29, 0.717) is 0 Å². The summed E-state index contributed by atoms with van der Waals surface area (Å²) in [4.78, 5) is 27.1. The molecule has 3 rings (SSSR count). The summed E-state index contributed by atoms with van der Waals surface area (Å²) in [5, 5.41) is 0. The number of carbonyl (C=O) groups is 2. The highest BCUT2D eigenvalue weighted by Gasteiger charge is 2.47. The number of ether oxygens (including phenoxy) is 2. The van der Waals surface area contributed by atoms with Gasteiger partial charge in [-0.25, -0.2) is 9.59 Å². The van der Waals surface area contributed by atoms with Crippen LogP contribution in [0.2, 0.25) is 0 Å². The zero-order valence-corrected chi connectivity index (χ0v) is 16.1. The molecule has 1 aliphatic rings. The van der Waals surface area contributed by atoms with Gasteiger partial charge < -0.3 is 9.47 Å². The van der Waals surface area contributed by atoms with Crippen molar-refractivity contribution in [1.29, 1.82) is 0 Å². The summed E-state index contributed by atoms with van der Waals surface area (Å²) in [5.74, 6) is -0.443. The van der Waals surface area contributed by atoms with Crippen molar-refractivity contribution < 1.29 is 19.1 Å². The van der Waals surface area contributed by atoms with Gasteiger partial charge in [0.05, 0.1) is 0 Å². The van der Waals surface area contributed by atoms with E-state index in [1.165, 1.54) is 4.90 Å². The van der Waals surface area contributed by atoms with Gasteiger partial charge in [0.15, 0.2) is 6.10 Å². The molecule has 0 unspecified atom stereocenters. The van der Waals surface area contributed by atoms with E-state index in [-0.39, 0.29) is 0 Å². The minimum absolute atomic E-state index is 0.443. The van der Waals surface area contributed by atoms with Gasteiger partial charge in [0.2, 0.25) is 0 Å². The highest BCUT2D eigenvalue weighted by atomic mass is 16.6. The SMILES string of the molecule is C[C@@H]1C(=O)O[C@@H](c2ccccc2)[C@@H](c2ccccc2)N1C(=O)OC(C)(C)C. The third kappa shape index (κ3) is 4.13. The molecule has 5 heteroatoms. The number of rotatable bonds is 2. The van der Waals surface area contributed by atoms with Gasteiger partial charge in [-0.15, -0.1) is 0 Å². The lowest BCUT2D eigenvalue weighted by molar-refractivity contribution is -0.173. The zero-order chi connectivity index (χ0) is 19.6. The van der Waals surface area contributed by atoms with Gasteiger partial charge in [-0.1, -0.05) is 60.7 Å². The first kappa shape index (κ1) is 19.0. The third-order valence-electron chi connectivity index (χ3n) is 4.46. The molecular weight excluding hydrogens is 342 g/mol. The van der Waals surface area contributed by atoms with E-state index in [1.807, 2.05) is 81.4 Å². The van der Waals surface area contributed by atoms with Crippen LogP contribution >= 0.6 is 0 Å². The Morgan fingerprint density at radius 3 is 2.00 bits per heavy atom. The monoisotopic (exact) mass is 367 g/mol. The van der Waals surface area contributed by atoms with E-state index >= 15 is 0 Å². The van der Waals surface area contributed by atoms with Gasteiger partial charge in [-0.2, -0.15) is 0 Å². The lowest BCUT2D eigenvalue weighted by Crippen LogP contribution is -2.54. The van der Waals surface area contributed by atoms with Crippen molar-refractivity contribution in [3.8, 4) is 0 Å². The second-order valence-electron chi connectivity index (χ2n) is 7.69. The molecule has 0 N–H and O–H groups in total. The standard InChI is InChI=1S/C22H25NO4/c1-15-20(24)26-19(17-13-9-6-10-14-17)18(16-11-7-5-8-12-16)23(15)21(25)27-22(2,3)4/h5-15,18-19H,1-4H3/t15-,18-,19+/m1/s1. The fourth-order valence-corrected chi connectivity index (χ4v) is 3.25. The van der Waals surface area contributed by atoms with E-state index in [1.54, 1.807) is 6.92 Å². The first-order valence-corrected chi connectivity index (χ1v) is 9.09. The van der Waals surface area contributed by atoms with Gasteiger partial charge in [0.25, 0.3) is 0 Å². The molecule has 142 valence electrons. The van der Waals surface area contributed by atoms with E-state index in [0.717, 1.165) is 11.1 Å². The Kier molecular flexibility index (Phi) is 5.22. The van der Waals surface area contributed by atoms with Crippen LogP contribution in [0.5, 0.6) is 0 Å². The molecule has 0 radical (unpaired) electrons. The van der Waals surface area contributed by atoms with E-state index in [2.05, 4.69) is 0 Å². The van der Waals surface area contributed by atoms with E-state index in [4.69, 9.17) is 9.47 Å². The average molecular weight is 367 g/mol. The molecule has 0 aliphatic carbocycles. The molecule has 2 aromatic carbocycles. The van der Waals surface area contributed by atoms with Crippen molar-refractivity contribution in [3.63, 3.8) is 0 Å². The minimum Gasteiger partial charge on any atom is -0.453 e. The van der Waals surface area contributed by atoms with Crippen molar-refractivity contribution in [2.24, 2.45) is 0 Å². The molecule has 0 spiro atoms. The topological polar surface area (TPSA) is 55.8 Å². The largest absolute Gasteiger partial charge is 0.453 e. The smallest absolute Gasteiger partial charge is 0.411 e. The summed E-state index contributed by atoms with van der Waals surface area (Å²) in [7, 11) is 0. The molecule has 0 bridgehead atoms. The molecule has 3 atom stereocenters. The van der Waals surface area contributed by atoms with Crippen LogP contribution in [0.3, 0.4) is 0 Å². The Morgan fingerprint density at radius 2 is 1.48 bits per heavy atom. The summed E-state index contributed by atoms with van der Waals surface area (Å²) in [6.45, 7) is 7.10. The minimum atomic E-state index is -0.745. The van der Waals surface area contributed by atoms with Crippen molar-refractivity contribution in [3.05, 3.63) is 71.8 Å². The highest BCUT2D eigenvalue weighted by molar-refractivity contribution is 5.83. The molecule has 1 heterocycles.